The summed E-state index contributed by atoms with van der Waals surface area (Å²) in [5, 5.41) is 5.11. The summed E-state index contributed by atoms with van der Waals surface area (Å²) in [5.74, 6) is 0.700. The molecule has 4 heterocycles. The van der Waals surface area contributed by atoms with Crippen LogP contribution in [0.15, 0.2) is 48.9 Å². The zero-order chi connectivity index (χ0) is 15.1. The Labute approximate surface area is 125 Å². The molecule has 0 radical (unpaired) electrons. The average molecular weight is 292 g/mol. The molecule has 0 unspecified atom stereocenters. The van der Waals surface area contributed by atoms with Gasteiger partial charge in [-0.3, -0.25) is 4.98 Å². The lowest BCUT2D eigenvalue weighted by molar-refractivity contribution is 0.626. The minimum atomic E-state index is -0.339. The Morgan fingerprint density at radius 1 is 1.05 bits per heavy atom. The molecule has 0 bridgehead atoms. The fraction of sp³-hybridized carbons (Fsp3) is 0.0625. The third-order valence-corrected chi connectivity index (χ3v) is 3.62. The van der Waals surface area contributed by atoms with Crippen molar-refractivity contribution < 1.29 is 4.39 Å². The number of halogens is 1. The summed E-state index contributed by atoms with van der Waals surface area (Å²) in [7, 11) is 1.96. The first-order valence-corrected chi connectivity index (χ1v) is 6.80. The quantitative estimate of drug-likeness (QED) is 0.615. The molecule has 0 spiro atoms. The molecule has 0 aliphatic rings. The van der Waals surface area contributed by atoms with E-state index in [4.69, 9.17) is 0 Å². The predicted molar refractivity (Wildman–Crippen MR) is 83.5 cm³/mol. The Kier molecular flexibility index (Phi) is 2.75. The molecular formula is C16H12FN5. The number of pyridine rings is 3. The van der Waals surface area contributed by atoms with Gasteiger partial charge in [0, 0.05) is 42.5 Å². The van der Waals surface area contributed by atoms with Gasteiger partial charge in [0.15, 0.2) is 0 Å². The fourth-order valence-corrected chi connectivity index (χ4v) is 2.59. The molecule has 0 atom stereocenters. The second-order valence-corrected chi connectivity index (χ2v) is 5.00. The van der Waals surface area contributed by atoms with E-state index in [2.05, 4.69) is 20.3 Å². The molecule has 0 aliphatic heterocycles. The highest BCUT2D eigenvalue weighted by molar-refractivity contribution is 6.06. The smallest absolute Gasteiger partial charge is 0.143 e. The van der Waals surface area contributed by atoms with Gasteiger partial charge in [-0.25, -0.2) is 14.4 Å². The highest BCUT2D eigenvalue weighted by Crippen LogP contribution is 2.27. The molecule has 22 heavy (non-hydrogen) atoms. The standard InChI is InChI=1S/C16H12FN5/c1-22-13-5-6-18-9-12(13)11-2-3-14(21-16(11)22)20-15-8-10(17)4-7-19-15/h2-9H,1H3,(H,19,20,21)/i17-1. The van der Waals surface area contributed by atoms with Gasteiger partial charge in [-0.2, -0.15) is 0 Å². The van der Waals surface area contributed by atoms with E-state index in [1.165, 1.54) is 18.3 Å². The summed E-state index contributed by atoms with van der Waals surface area (Å²) in [6, 6.07) is 8.42. The van der Waals surface area contributed by atoms with Crippen LogP contribution in [0.2, 0.25) is 0 Å². The van der Waals surface area contributed by atoms with E-state index in [-0.39, 0.29) is 5.82 Å². The molecule has 0 fully saturated rings. The summed E-state index contributed by atoms with van der Waals surface area (Å²) >= 11 is 0. The minimum absolute atomic E-state index is 0.339. The van der Waals surface area contributed by atoms with Crippen LogP contribution in [0.3, 0.4) is 0 Å². The maximum atomic E-state index is 13.2. The normalized spacial score (nSPS) is 11.2. The Balaban J connectivity index is 1.84. The van der Waals surface area contributed by atoms with Gasteiger partial charge in [0.25, 0.3) is 0 Å². The van der Waals surface area contributed by atoms with Gasteiger partial charge in [0.05, 0.1) is 5.52 Å². The van der Waals surface area contributed by atoms with Crippen molar-refractivity contribution in [2.45, 2.75) is 0 Å². The molecule has 0 aromatic carbocycles. The van der Waals surface area contributed by atoms with Crippen molar-refractivity contribution in [1.29, 1.82) is 0 Å². The molecule has 0 amide bonds. The van der Waals surface area contributed by atoms with Crippen LogP contribution in [0.5, 0.6) is 0 Å². The van der Waals surface area contributed by atoms with Crippen LogP contribution in [0.25, 0.3) is 21.9 Å². The maximum Gasteiger partial charge on any atom is 0.143 e. The van der Waals surface area contributed by atoms with Crippen molar-refractivity contribution in [1.82, 2.24) is 19.5 Å². The van der Waals surface area contributed by atoms with Crippen molar-refractivity contribution in [3.8, 4) is 0 Å². The largest absolute Gasteiger partial charge is 0.328 e. The summed E-state index contributed by atoms with van der Waals surface area (Å²) in [5.41, 5.74) is 1.91. The first kappa shape index (κ1) is 12.7. The molecule has 4 aromatic rings. The van der Waals surface area contributed by atoms with Crippen LogP contribution < -0.4 is 5.32 Å². The molecule has 0 saturated heterocycles. The van der Waals surface area contributed by atoms with Crippen LogP contribution >= 0.6 is 0 Å². The zero-order valence-corrected chi connectivity index (χ0v) is 11.8. The van der Waals surface area contributed by atoms with Gasteiger partial charge in [-0.1, -0.05) is 0 Å². The summed E-state index contributed by atoms with van der Waals surface area (Å²) < 4.78 is 15.2. The van der Waals surface area contributed by atoms with Crippen LogP contribution in [0, 0.1) is 5.82 Å². The van der Waals surface area contributed by atoms with E-state index in [9.17, 15) is 4.39 Å². The Morgan fingerprint density at radius 2 is 1.95 bits per heavy atom. The number of aryl methyl sites for hydroxylation is 1. The third-order valence-electron chi connectivity index (χ3n) is 3.62. The lowest BCUT2D eigenvalue weighted by Crippen LogP contribution is -1.98. The zero-order valence-electron chi connectivity index (χ0n) is 11.8. The van der Waals surface area contributed by atoms with Crippen LogP contribution in [0.1, 0.15) is 0 Å². The number of fused-ring (bicyclic) bond motifs is 3. The number of aromatic nitrogens is 4. The molecular weight excluding hydrogens is 280 g/mol. The topological polar surface area (TPSA) is 55.6 Å². The highest BCUT2D eigenvalue weighted by Gasteiger charge is 2.10. The van der Waals surface area contributed by atoms with Gasteiger partial charge in [0.2, 0.25) is 0 Å². The Hall–Kier alpha value is -3.02. The number of nitrogens with one attached hydrogen (secondary N) is 1. The predicted octanol–water partition coefficient (Wildman–Crippen LogP) is 3.40. The van der Waals surface area contributed by atoms with Crippen LogP contribution in [-0.4, -0.2) is 19.5 Å². The first-order chi connectivity index (χ1) is 10.7. The van der Waals surface area contributed by atoms with E-state index in [1.54, 1.807) is 6.20 Å². The summed E-state index contributed by atoms with van der Waals surface area (Å²) in [6.07, 6.45) is 5.01. The number of hydrogen-bond donors (Lipinski definition) is 1. The fourth-order valence-electron chi connectivity index (χ4n) is 2.59. The van der Waals surface area contributed by atoms with Gasteiger partial charge >= 0.3 is 0 Å². The van der Waals surface area contributed by atoms with Crippen molar-refractivity contribution in [3.63, 3.8) is 0 Å². The number of nitrogens with zero attached hydrogens (tertiary/aromatic N) is 4. The van der Waals surface area contributed by atoms with Crippen molar-refractivity contribution >= 4 is 33.6 Å². The van der Waals surface area contributed by atoms with Crippen LogP contribution in [0.4, 0.5) is 16.0 Å². The number of rotatable bonds is 2. The van der Waals surface area contributed by atoms with Gasteiger partial charge in [0.1, 0.15) is 23.1 Å². The van der Waals surface area contributed by atoms with Crippen molar-refractivity contribution in [2.24, 2.45) is 7.05 Å². The first-order valence-electron chi connectivity index (χ1n) is 6.80. The van der Waals surface area contributed by atoms with E-state index in [0.717, 1.165) is 21.9 Å². The second-order valence-electron chi connectivity index (χ2n) is 5.00. The highest BCUT2D eigenvalue weighted by atomic mass is 18.2. The molecule has 4 aromatic heterocycles. The third kappa shape index (κ3) is 1.96. The Morgan fingerprint density at radius 3 is 2.82 bits per heavy atom. The molecule has 0 saturated carbocycles. The monoisotopic (exact) mass is 292 g/mol. The Bertz CT molecular complexity index is 992. The molecule has 1 N–H and O–H groups in total. The molecule has 6 heteroatoms. The van der Waals surface area contributed by atoms with Crippen molar-refractivity contribution in [2.75, 3.05) is 5.32 Å². The van der Waals surface area contributed by atoms with Crippen LogP contribution in [-0.2, 0) is 7.05 Å². The van der Waals surface area contributed by atoms with Gasteiger partial charge in [-0.05, 0) is 24.3 Å². The van der Waals surface area contributed by atoms with Crippen molar-refractivity contribution in [3.05, 3.63) is 54.7 Å². The summed E-state index contributed by atoms with van der Waals surface area (Å²) in [6.45, 7) is 0. The molecule has 108 valence electrons. The van der Waals surface area contributed by atoms with Gasteiger partial charge < -0.3 is 9.88 Å². The van der Waals surface area contributed by atoms with E-state index >= 15 is 0 Å². The van der Waals surface area contributed by atoms with E-state index < -0.39 is 0 Å². The molecule has 4 rings (SSSR count). The maximum absolute atomic E-state index is 13.2. The molecule has 5 nitrogen and oxygen atoms in total. The summed E-state index contributed by atoms with van der Waals surface area (Å²) in [4.78, 5) is 12.8. The average Bonchev–Trinajstić information content (AvgIpc) is 2.81. The van der Waals surface area contributed by atoms with E-state index in [0.29, 0.717) is 11.6 Å². The number of hydrogen-bond acceptors (Lipinski definition) is 4. The lowest BCUT2D eigenvalue weighted by atomic mass is 10.2. The van der Waals surface area contributed by atoms with Gasteiger partial charge in [-0.15, -0.1) is 0 Å². The lowest BCUT2D eigenvalue weighted by Gasteiger charge is -2.05. The minimum Gasteiger partial charge on any atom is -0.328 e. The second kappa shape index (κ2) is 4.77. The number of anilines is 2. The molecule has 0 aliphatic carbocycles. The SMILES string of the molecule is Cn1c2ccncc2c2ccc(Nc3cc([18F])ccn3)nc21. The van der Waals surface area contributed by atoms with E-state index in [1.807, 2.05) is 36.0 Å².